The third kappa shape index (κ3) is 1.89. The van der Waals surface area contributed by atoms with Gasteiger partial charge in [-0.05, 0) is 18.2 Å². The van der Waals surface area contributed by atoms with Crippen molar-refractivity contribution in [3.63, 3.8) is 0 Å². The Bertz CT molecular complexity index is 537. The Morgan fingerprint density at radius 2 is 2.00 bits per heavy atom. The van der Waals surface area contributed by atoms with Crippen molar-refractivity contribution in [2.75, 3.05) is 36.9 Å². The average Bonchev–Trinajstić information content (AvgIpc) is 2.39. The highest BCUT2D eigenvalue weighted by Gasteiger charge is 2.15. The van der Waals surface area contributed by atoms with Crippen molar-refractivity contribution in [2.45, 2.75) is 0 Å². The molecule has 0 atom stereocenters. The number of anilines is 2. The molecule has 5 nitrogen and oxygen atoms in total. The number of morpholine rings is 1. The van der Waals surface area contributed by atoms with Gasteiger partial charge in [-0.1, -0.05) is 0 Å². The topological polar surface area (TPSA) is 64.3 Å². The van der Waals surface area contributed by atoms with E-state index in [9.17, 15) is 0 Å². The largest absolute Gasteiger partial charge is 0.399 e. The lowest BCUT2D eigenvalue weighted by Crippen LogP contribution is -2.36. The number of nitrogen functional groups attached to an aromatic ring is 1. The highest BCUT2D eigenvalue weighted by molar-refractivity contribution is 5.91. The molecule has 0 amide bonds. The van der Waals surface area contributed by atoms with Crippen LogP contribution in [0.2, 0.25) is 0 Å². The van der Waals surface area contributed by atoms with Crippen LogP contribution in [0.25, 0.3) is 10.9 Å². The first kappa shape index (κ1) is 10.3. The van der Waals surface area contributed by atoms with Gasteiger partial charge in [-0.2, -0.15) is 0 Å². The number of nitrogens with zero attached hydrogens (tertiary/aromatic N) is 3. The van der Waals surface area contributed by atoms with Gasteiger partial charge in [0.2, 0.25) is 0 Å². The molecule has 0 aliphatic carbocycles. The molecule has 1 aromatic heterocycles. The molecule has 17 heavy (non-hydrogen) atoms. The van der Waals surface area contributed by atoms with E-state index in [-0.39, 0.29) is 0 Å². The summed E-state index contributed by atoms with van der Waals surface area (Å²) in [6, 6.07) is 5.72. The highest BCUT2D eigenvalue weighted by Crippen LogP contribution is 2.25. The van der Waals surface area contributed by atoms with Crippen LogP contribution in [0.5, 0.6) is 0 Å². The van der Waals surface area contributed by atoms with Crippen molar-refractivity contribution in [3.05, 3.63) is 24.5 Å². The van der Waals surface area contributed by atoms with Crippen LogP contribution in [-0.2, 0) is 4.74 Å². The number of nitrogens with two attached hydrogens (primary N) is 1. The molecule has 88 valence electrons. The van der Waals surface area contributed by atoms with Crippen molar-refractivity contribution in [2.24, 2.45) is 0 Å². The van der Waals surface area contributed by atoms with E-state index >= 15 is 0 Å². The van der Waals surface area contributed by atoms with Crippen molar-refractivity contribution < 1.29 is 4.74 Å². The molecule has 0 bridgehead atoms. The lowest BCUT2D eigenvalue weighted by atomic mass is 10.2. The van der Waals surface area contributed by atoms with Gasteiger partial charge in [0, 0.05) is 24.2 Å². The van der Waals surface area contributed by atoms with Crippen LogP contribution in [0, 0.1) is 0 Å². The molecule has 1 aliphatic heterocycles. The maximum Gasteiger partial charge on any atom is 0.140 e. The summed E-state index contributed by atoms with van der Waals surface area (Å²) in [5.41, 5.74) is 7.49. The molecule has 1 saturated heterocycles. The summed E-state index contributed by atoms with van der Waals surface area (Å²) in [6.45, 7) is 3.21. The molecule has 2 aromatic rings. The van der Waals surface area contributed by atoms with Gasteiger partial charge in [0.1, 0.15) is 12.1 Å². The molecule has 1 fully saturated rings. The molecule has 5 heteroatoms. The predicted molar refractivity (Wildman–Crippen MR) is 67.0 cm³/mol. The van der Waals surface area contributed by atoms with Gasteiger partial charge in [0.25, 0.3) is 0 Å². The number of fused-ring (bicyclic) bond motifs is 1. The molecule has 3 rings (SSSR count). The molecule has 2 heterocycles. The Morgan fingerprint density at radius 3 is 2.82 bits per heavy atom. The minimum atomic E-state index is 0.738. The highest BCUT2D eigenvalue weighted by atomic mass is 16.5. The zero-order valence-corrected chi connectivity index (χ0v) is 9.47. The fraction of sp³-hybridized carbons (Fsp3) is 0.333. The summed E-state index contributed by atoms with van der Waals surface area (Å²) < 4.78 is 5.35. The Morgan fingerprint density at radius 1 is 1.18 bits per heavy atom. The fourth-order valence-electron chi connectivity index (χ4n) is 2.09. The molecule has 1 aliphatic rings. The summed E-state index contributed by atoms with van der Waals surface area (Å²) >= 11 is 0. The minimum Gasteiger partial charge on any atom is -0.399 e. The summed E-state index contributed by atoms with van der Waals surface area (Å²) in [5, 5.41) is 1.01. The van der Waals surface area contributed by atoms with E-state index in [0.29, 0.717) is 0 Å². The van der Waals surface area contributed by atoms with Gasteiger partial charge in [0.15, 0.2) is 0 Å². The van der Waals surface area contributed by atoms with Crippen LogP contribution in [0.3, 0.4) is 0 Å². The Balaban J connectivity index is 2.11. The van der Waals surface area contributed by atoms with Crippen LogP contribution < -0.4 is 10.6 Å². The van der Waals surface area contributed by atoms with E-state index in [2.05, 4.69) is 14.9 Å². The fourth-order valence-corrected chi connectivity index (χ4v) is 2.09. The first-order valence-corrected chi connectivity index (χ1v) is 5.67. The van der Waals surface area contributed by atoms with Crippen molar-refractivity contribution >= 4 is 22.4 Å². The standard InChI is InChI=1S/C12H14N4O/c13-9-1-2-11-10(7-9)12(15-8-14-11)16-3-5-17-6-4-16/h1-2,7-8H,3-6,13H2. The lowest BCUT2D eigenvalue weighted by molar-refractivity contribution is 0.122. The number of aromatic nitrogens is 2. The van der Waals surface area contributed by atoms with Crippen LogP contribution >= 0.6 is 0 Å². The van der Waals surface area contributed by atoms with Gasteiger partial charge in [-0.25, -0.2) is 9.97 Å². The number of rotatable bonds is 1. The Labute approximate surface area is 99.2 Å². The van der Waals surface area contributed by atoms with E-state index in [1.807, 2.05) is 18.2 Å². The van der Waals surface area contributed by atoms with E-state index in [1.165, 1.54) is 0 Å². The summed E-state index contributed by atoms with van der Waals surface area (Å²) in [4.78, 5) is 10.8. The summed E-state index contributed by atoms with van der Waals surface area (Å²) in [5.74, 6) is 0.950. The first-order valence-electron chi connectivity index (χ1n) is 5.67. The van der Waals surface area contributed by atoms with Gasteiger partial charge in [0.05, 0.1) is 18.7 Å². The van der Waals surface area contributed by atoms with Crippen LogP contribution in [0.1, 0.15) is 0 Å². The first-order chi connectivity index (χ1) is 8.34. The zero-order valence-electron chi connectivity index (χ0n) is 9.47. The molecule has 0 spiro atoms. The van der Waals surface area contributed by atoms with Crippen LogP contribution in [0.15, 0.2) is 24.5 Å². The SMILES string of the molecule is Nc1ccc2ncnc(N3CCOCC3)c2c1. The van der Waals surface area contributed by atoms with E-state index in [4.69, 9.17) is 10.5 Å². The summed E-state index contributed by atoms with van der Waals surface area (Å²) in [7, 11) is 0. The maximum absolute atomic E-state index is 5.82. The second-order valence-electron chi connectivity index (χ2n) is 4.07. The van der Waals surface area contributed by atoms with Crippen LogP contribution in [0.4, 0.5) is 11.5 Å². The smallest absolute Gasteiger partial charge is 0.140 e. The van der Waals surface area contributed by atoms with Gasteiger partial charge in [-0.3, -0.25) is 0 Å². The monoisotopic (exact) mass is 230 g/mol. The van der Waals surface area contributed by atoms with Crippen molar-refractivity contribution in [1.82, 2.24) is 9.97 Å². The Hall–Kier alpha value is -1.88. The quantitative estimate of drug-likeness (QED) is 0.742. The second kappa shape index (κ2) is 4.18. The molecule has 0 radical (unpaired) electrons. The summed E-state index contributed by atoms with van der Waals surface area (Å²) in [6.07, 6.45) is 1.60. The number of benzene rings is 1. The van der Waals surface area contributed by atoms with E-state index in [1.54, 1.807) is 6.33 Å². The van der Waals surface area contributed by atoms with Gasteiger partial charge < -0.3 is 15.4 Å². The van der Waals surface area contributed by atoms with Gasteiger partial charge in [-0.15, -0.1) is 0 Å². The molecule has 1 aromatic carbocycles. The third-order valence-corrected chi connectivity index (χ3v) is 2.95. The predicted octanol–water partition coefficient (Wildman–Crippen LogP) is 1.05. The number of hydrogen-bond acceptors (Lipinski definition) is 5. The normalized spacial score (nSPS) is 16.4. The van der Waals surface area contributed by atoms with E-state index < -0.39 is 0 Å². The molecule has 0 unspecified atom stereocenters. The molecular formula is C12H14N4O. The van der Waals surface area contributed by atoms with Crippen molar-refractivity contribution in [1.29, 1.82) is 0 Å². The molecule has 2 N–H and O–H groups in total. The zero-order chi connectivity index (χ0) is 11.7. The van der Waals surface area contributed by atoms with E-state index in [0.717, 1.165) is 48.7 Å². The van der Waals surface area contributed by atoms with Crippen molar-refractivity contribution in [3.8, 4) is 0 Å². The second-order valence-corrected chi connectivity index (χ2v) is 4.07. The average molecular weight is 230 g/mol. The number of ether oxygens (including phenoxy) is 1. The third-order valence-electron chi connectivity index (χ3n) is 2.95. The Kier molecular flexibility index (Phi) is 2.53. The maximum atomic E-state index is 5.82. The lowest BCUT2D eigenvalue weighted by Gasteiger charge is -2.28. The molecule has 0 saturated carbocycles. The molecular weight excluding hydrogens is 216 g/mol. The van der Waals surface area contributed by atoms with Crippen LogP contribution in [-0.4, -0.2) is 36.3 Å². The van der Waals surface area contributed by atoms with Gasteiger partial charge >= 0.3 is 0 Å². The minimum absolute atomic E-state index is 0.738. The number of hydrogen-bond donors (Lipinski definition) is 1.